The number of nitrogens with one attached hydrogen (secondary N) is 1. The van der Waals surface area contributed by atoms with Crippen molar-refractivity contribution in [1.29, 1.82) is 0 Å². The van der Waals surface area contributed by atoms with Crippen LogP contribution in [0.5, 0.6) is 0 Å². The number of fused-ring (bicyclic) bond motifs is 1. The Morgan fingerprint density at radius 2 is 2.23 bits per heavy atom. The van der Waals surface area contributed by atoms with Crippen molar-refractivity contribution in [3.63, 3.8) is 0 Å². The van der Waals surface area contributed by atoms with E-state index in [0.717, 1.165) is 23.5 Å². The van der Waals surface area contributed by atoms with E-state index in [9.17, 15) is 13.2 Å². The zero-order chi connectivity index (χ0) is 9.64. The zero-order valence-corrected chi connectivity index (χ0v) is 8.17. The van der Waals surface area contributed by atoms with Gasteiger partial charge in [-0.1, -0.05) is 0 Å². The highest BCUT2D eigenvalue weighted by atomic mass is 32.2. The number of nitrogens with zero attached hydrogens (tertiary/aromatic N) is 1. The molecule has 0 aromatic rings. The SMILES string of the molecule is CS(=O)(=O)N1C(=O)CC2NCCC21. The zero-order valence-electron chi connectivity index (χ0n) is 7.36. The van der Waals surface area contributed by atoms with E-state index in [1.165, 1.54) is 0 Å². The molecule has 0 radical (unpaired) electrons. The fraction of sp³-hybridized carbons (Fsp3) is 0.857. The number of amides is 1. The van der Waals surface area contributed by atoms with Crippen LogP contribution in [0.15, 0.2) is 0 Å². The van der Waals surface area contributed by atoms with Gasteiger partial charge in [0.05, 0.1) is 12.3 Å². The predicted molar refractivity (Wildman–Crippen MR) is 46.5 cm³/mol. The lowest BCUT2D eigenvalue weighted by atomic mass is 10.1. The van der Waals surface area contributed by atoms with E-state index in [1.807, 2.05) is 0 Å². The van der Waals surface area contributed by atoms with Crippen LogP contribution in [-0.4, -0.2) is 43.5 Å². The molecule has 6 heteroatoms. The summed E-state index contributed by atoms with van der Waals surface area (Å²) < 4.78 is 23.6. The average Bonchev–Trinajstić information content (AvgIpc) is 2.41. The van der Waals surface area contributed by atoms with Crippen LogP contribution in [-0.2, 0) is 14.8 Å². The minimum atomic E-state index is -3.36. The molecule has 0 aromatic heterocycles. The van der Waals surface area contributed by atoms with Crippen LogP contribution in [0, 0.1) is 0 Å². The quantitative estimate of drug-likeness (QED) is 0.589. The lowest BCUT2D eigenvalue weighted by Crippen LogP contribution is -2.39. The Hall–Kier alpha value is -0.620. The van der Waals surface area contributed by atoms with Gasteiger partial charge in [-0.2, -0.15) is 0 Å². The Bertz CT molecular complexity index is 338. The van der Waals surface area contributed by atoms with Gasteiger partial charge >= 0.3 is 0 Å². The number of hydrogen-bond donors (Lipinski definition) is 1. The molecule has 74 valence electrons. The third-order valence-corrected chi connectivity index (χ3v) is 3.80. The number of carbonyl (C=O) groups is 1. The van der Waals surface area contributed by atoms with Gasteiger partial charge in [-0.25, -0.2) is 12.7 Å². The summed E-state index contributed by atoms with van der Waals surface area (Å²) in [7, 11) is -3.36. The second kappa shape index (κ2) is 2.68. The van der Waals surface area contributed by atoms with E-state index in [-0.39, 0.29) is 18.0 Å². The third-order valence-electron chi connectivity index (χ3n) is 2.61. The standard InChI is InChI=1S/C7H12N2O3S/c1-13(11,12)9-6-2-3-8-5(6)4-7(9)10/h5-6,8H,2-4H2,1H3. The molecule has 2 aliphatic heterocycles. The van der Waals surface area contributed by atoms with Crippen molar-refractivity contribution in [2.24, 2.45) is 0 Å². The molecular formula is C7H12N2O3S. The van der Waals surface area contributed by atoms with Gasteiger partial charge in [0.25, 0.3) is 0 Å². The molecule has 0 spiro atoms. The fourth-order valence-corrected chi connectivity index (χ4v) is 3.33. The van der Waals surface area contributed by atoms with E-state index in [4.69, 9.17) is 0 Å². The Balaban J connectivity index is 2.32. The Kier molecular flexibility index (Phi) is 1.85. The molecule has 0 bridgehead atoms. The normalized spacial score (nSPS) is 33.9. The van der Waals surface area contributed by atoms with Crippen LogP contribution in [0.1, 0.15) is 12.8 Å². The molecule has 0 aromatic carbocycles. The summed E-state index contributed by atoms with van der Waals surface area (Å²) in [6.45, 7) is 0.800. The Morgan fingerprint density at radius 1 is 1.54 bits per heavy atom. The second-order valence-corrected chi connectivity index (χ2v) is 5.43. The third kappa shape index (κ3) is 1.34. The maximum atomic E-state index is 11.3. The van der Waals surface area contributed by atoms with Crippen molar-refractivity contribution in [1.82, 2.24) is 9.62 Å². The second-order valence-electron chi connectivity index (χ2n) is 3.57. The Morgan fingerprint density at radius 3 is 2.85 bits per heavy atom. The smallest absolute Gasteiger partial charge is 0.237 e. The average molecular weight is 204 g/mol. The summed E-state index contributed by atoms with van der Waals surface area (Å²) in [4.78, 5) is 11.3. The number of rotatable bonds is 1. The van der Waals surface area contributed by atoms with Crippen molar-refractivity contribution in [2.75, 3.05) is 12.8 Å². The van der Waals surface area contributed by atoms with Crippen molar-refractivity contribution in [3.05, 3.63) is 0 Å². The lowest BCUT2D eigenvalue weighted by molar-refractivity contribution is -0.124. The van der Waals surface area contributed by atoms with Crippen molar-refractivity contribution in [2.45, 2.75) is 24.9 Å². The number of hydrogen-bond acceptors (Lipinski definition) is 4. The van der Waals surface area contributed by atoms with Crippen LogP contribution in [0.25, 0.3) is 0 Å². The first kappa shape index (κ1) is 8.96. The summed E-state index contributed by atoms with van der Waals surface area (Å²) in [5, 5.41) is 3.12. The maximum absolute atomic E-state index is 11.3. The number of sulfonamides is 1. The van der Waals surface area contributed by atoms with Gasteiger partial charge in [0.15, 0.2) is 0 Å². The highest BCUT2D eigenvalue weighted by Crippen LogP contribution is 2.27. The fourth-order valence-electron chi connectivity index (χ4n) is 2.14. The predicted octanol–water partition coefficient (Wildman–Crippen LogP) is -1.09. The lowest BCUT2D eigenvalue weighted by Gasteiger charge is -2.20. The van der Waals surface area contributed by atoms with E-state index in [1.54, 1.807) is 0 Å². The number of carbonyl (C=O) groups excluding carboxylic acids is 1. The summed E-state index contributed by atoms with van der Waals surface area (Å²) >= 11 is 0. The highest BCUT2D eigenvalue weighted by Gasteiger charge is 2.46. The molecule has 0 aliphatic carbocycles. The molecule has 2 rings (SSSR count). The van der Waals surface area contributed by atoms with E-state index >= 15 is 0 Å². The van der Waals surface area contributed by atoms with Crippen LogP contribution in [0.2, 0.25) is 0 Å². The maximum Gasteiger partial charge on any atom is 0.237 e. The largest absolute Gasteiger partial charge is 0.311 e. The molecule has 2 unspecified atom stereocenters. The van der Waals surface area contributed by atoms with Gasteiger partial charge < -0.3 is 5.32 Å². The molecule has 2 aliphatic rings. The minimum absolute atomic E-state index is 0.0437. The van der Waals surface area contributed by atoms with E-state index < -0.39 is 10.0 Å². The molecule has 0 saturated carbocycles. The first-order chi connectivity index (χ1) is 6.00. The molecule has 1 amide bonds. The summed E-state index contributed by atoms with van der Waals surface area (Å²) in [6.07, 6.45) is 2.15. The molecule has 5 nitrogen and oxygen atoms in total. The van der Waals surface area contributed by atoms with E-state index in [0.29, 0.717) is 6.42 Å². The molecule has 1 N–H and O–H groups in total. The molecule has 2 atom stereocenters. The van der Waals surface area contributed by atoms with E-state index in [2.05, 4.69) is 5.32 Å². The van der Waals surface area contributed by atoms with Crippen molar-refractivity contribution in [3.8, 4) is 0 Å². The van der Waals surface area contributed by atoms with Gasteiger partial charge in [-0.05, 0) is 13.0 Å². The van der Waals surface area contributed by atoms with Gasteiger partial charge in [0.1, 0.15) is 0 Å². The first-order valence-corrected chi connectivity index (χ1v) is 6.10. The highest BCUT2D eigenvalue weighted by molar-refractivity contribution is 7.88. The first-order valence-electron chi connectivity index (χ1n) is 4.26. The summed E-state index contributed by atoms with van der Waals surface area (Å²) in [5.74, 6) is -0.273. The molecule has 2 fully saturated rings. The van der Waals surface area contributed by atoms with Crippen molar-refractivity contribution >= 4 is 15.9 Å². The summed E-state index contributed by atoms with van der Waals surface area (Å²) in [6, 6.07) is -0.0928. The van der Waals surface area contributed by atoms with Gasteiger partial charge in [-0.3, -0.25) is 4.79 Å². The van der Waals surface area contributed by atoms with Crippen LogP contribution in [0.3, 0.4) is 0 Å². The Labute approximate surface area is 77.1 Å². The molecule has 13 heavy (non-hydrogen) atoms. The topological polar surface area (TPSA) is 66.5 Å². The molecular weight excluding hydrogens is 192 g/mol. The van der Waals surface area contributed by atoms with Crippen LogP contribution in [0.4, 0.5) is 0 Å². The minimum Gasteiger partial charge on any atom is -0.311 e. The van der Waals surface area contributed by atoms with Crippen LogP contribution >= 0.6 is 0 Å². The van der Waals surface area contributed by atoms with Gasteiger partial charge in [0.2, 0.25) is 15.9 Å². The monoisotopic (exact) mass is 204 g/mol. The summed E-state index contributed by atoms with van der Waals surface area (Å²) in [5.41, 5.74) is 0. The van der Waals surface area contributed by atoms with Crippen LogP contribution < -0.4 is 5.32 Å². The molecule has 2 heterocycles. The molecule has 2 saturated heterocycles. The van der Waals surface area contributed by atoms with Gasteiger partial charge in [0, 0.05) is 12.5 Å². The van der Waals surface area contributed by atoms with Gasteiger partial charge in [-0.15, -0.1) is 0 Å². The van der Waals surface area contributed by atoms with Crippen molar-refractivity contribution < 1.29 is 13.2 Å².